The van der Waals surface area contributed by atoms with Crippen LogP contribution in [0.1, 0.15) is 22.8 Å². The van der Waals surface area contributed by atoms with E-state index in [1.165, 1.54) is 13.1 Å². The van der Waals surface area contributed by atoms with Gasteiger partial charge in [0.05, 0.1) is 6.21 Å². The summed E-state index contributed by atoms with van der Waals surface area (Å²) in [6.07, 6.45) is 4.81. The first-order chi connectivity index (χ1) is 10.1. The molecule has 1 heterocycles. The number of anilines is 1. The van der Waals surface area contributed by atoms with E-state index < -0.39 is 0 Å². The Morgan fingerprint density at radius 3 is 2.57 bits per heavy atom. The Balaban J connectivity index is 1.94. The van der Waals surface area contributed by atoms with E-state index >= 15 is 0 Å². The number of rotatable bonds is 4. The highest BCUT2D eigenvalue weighted by atomic mass is 16.2. The van der Waals surface area contributed by atoms with Crippen LogP contribution in [0.5, 0.6) is 0 Å². The van der Waals surface area contributed by atoms with E-state index in [0.29, 0.717) is 11.3 Å². The molecule has 1 aromatic carbocycles. The van der Waals surface area contributed by atoms with Gasteiger partial charge in [-0.25, -0.2) is 5.43 Å². The number of aromatic nitrogens is 1. The summed E-state index contributed by atoms with van der Waals surface area (Å²) in [5.41, 5.74) is 4.30. The van der Waals surface area contributed by atoms with E-state index in [1.54, 1.807) is 42.7 Å². The first-order valence-electron chi connectivity index (χ1n) is 6.26. The molecule has 0 aliphatic rings. The van der Waals surface area contributed by atoms with Crippen molar-refractivity contribution in [2.24, 2.45) is 5.10 Å². The molecule has 0 atom stereocenters. The average Bonchev–Trinajstić information content (AvgIpc) is 2.48. The summed E-state index contributed by atoms with van der Waals surface area (Å²) in [6.45, 7) is 1.42. The fourth-order valence-corrected chi connectivity index (χ4v) is 1.59. The molecule has 0 saturated carbocycles. The van der Waals surface area contributed by atoms with E-state index in [9.17, 15) is 9.59 Å². The number of benzene rings is 1. The second kappa shape index (κ2) is 6.95. The Labute approximate surface area is 121 Å². The normalized spacial score (nSPS) is 10.3. The van der Waals surface area contributed by atoms with Gasteiger partial charge in [0.2, 0.25) is 5.91 Å². The van der Waals surface area contributed by atoms with Crippen LogP contribution in [0, 0.1) is 0 Å². The highest BCUT2D eigenvalue weighted by molar-refractivity contribution is 5.96. The monoisotopic (exact) mass is 282 g/mol. The van der Waals surface area contributed by atoms with Crippen molar-refractivity contribution in [3.8, 4) is 0 Å². The van der Waals surface area contributed by atoms with Gasteiger partial charge in [-0.15, -0.1) is 0 Å². The van der Waals surface area contributed by atoms with Crippen molar-refractivity contribution in [2.75, 3.05) is 5.32 Å². The molecule has 0 radical (unpaired) electrons. The predicted molar refractivity (Wildman–Crippen MR) is 80.0 cm³/mol. The Hall–Kier alpha value is -3.02. The molecule has 2 N–H and O–H groups in total. The molecule has 106 valence electrons. The first-order valence-corrected chi connectivity index (χ1v) is 6.26. The molecule has 2 rings (SSSR count). The van der Waals surface area contributed by atoms with Crippen molar-refractivity contribution < 1.29 is 9.59 Å². The second-order valence-corrected chi connectivity index (χ2v) is 4.24. The van der Waals surface area contributed by atoms with E-state index in [2.05, 4.69) is 20.8 Å². The number of nitrogens with one attached hydrogen (secondary N) is 2. The third-order valence-corrected chi connectivity index (χ3v) is 2.53. The van der Waals surface area contributed by atoms with Crippen molar-refractivity contribution in [3.05, 3.63) is 59.9 Å². The van der Waals surface area contributed by atoms with Gasteiger partial charge in [0.1, 0.15) is 0 Å². The predicted octanol–water partition coefficient (Wildman–Crippen LogP) is 1.80. The van der Waals surface area contributed by atoms with Crippen LogP contribution in [-0.2, 0) is 4.79 Å². The number of hydrogen-bond donors (Lipinski definition) is 2. The van der Waals surface area contributed by atoms with Gasteiger partial charge < -0.3 is 5.32 Å². The summed E-state index contributed by atoms with van der Waals surface area (Å²) >= 11 is 0. The van der Waals surface area contributed by atoms with Crippen molar-refractivity contribution in [2.45, 2.75) is 6.92 Å². The van der Waals surface area contributed by atoms with Crippen LogP contribution in [0.25, 0.3) is 0 Å². The molecule has 0 aliphatic heterocycles. The van der Waals surface area contributed by atoms with Gasteiger partial charge in [0.15, 0.2) is 0 Å². The summed E-state index contributed by atoms with van der Waals surface area (Å²) in [5, 5.41) is 6.48. The molecule has 0 bridgehead atoms. The highest BCUT2D eigenvalue weighted by Gasteiger charge is 2.04. The number of hydrazone groups is 1. The summed E-state index contributed by atoms with van der Waals surface area (Å²) in [4.78, 5) is 26.7. The van der Waals surface area contributed by atoms with Gasteiger partial charge in [0, 0.05) is 36.1 Å². The first kappa shape index (κ1) is 14.4. The maximum Gasteiger partial charge on any atom is 0.271 e. The molecular formula is C15H14N4O2. The number of carbonyl (C=O) groups is 2. The quantitative estimate of drug-likeness (QED) is 0.662. The number of carbonyl (C=O) groups excluding carboxylic acids is 2. The lowest BCUT2D eigenvalue weighted by Crippen LogP contribution is -2.17. The summed E-state index contributed by atoms with van der Waals surface area (Å²) in [7, 11) is 0. The Morgan fingerprint density at radius 1 is 1.19 bits per heavy atom. The number of pyridine rings is 1. The zero-order valence-electron chi connectivity index (χ0n) is 11.4. The fourth-order valence-electron chi connectivity index (χ4n) is 1.59. The van der Waals surface area contributed by atoms with Gasteiger partial charge in [-0.2, -0.15) is 5.10 Å². The van der Waals surface area contributed by atoms with Crippen molar-refractivity contribution in [1.82, 2.24) is 10.4 Å². The van der Waals surface area contributed by atoms with E-state index in [0.717, 1.165) is 5.56 Å². The van der Waals surface area contributed by atoms with Crippen LogP contribution in [-0.4, -0.2) is 23.0 Å². The standard InChI is InChI=1S/C15H14N4O2/c1-11(20)18-14-6-4-13(5-7-14)15(21)19-17-10-12-3-2-8-16-9-12/h2-10H,1H3,(H,18,20)(H,19,21)/b17-10-. The van der Waals surface area contributed by atoms with Gasteiger partial charge >= 0.3 is 0 Å². The van der Waals surface area contributed by atoms with Crippen molar-refractivity contribution in [3.63, 3.8) is 0 Å². The number of amides is 2. The van der Waals surface area contributed by atoms with Crippen LogP contribution in [0.3, 0.4) is 0 Å². The molecule has 2 amide bonds. The number of hydrogen-bond acceptors (Lipinski definition) is 4. The SMILES string of the molecule is CC(=O)Nc1ccc(C(=O)N/N=C\c2cccnc2)cc1. The maximum absolute atomic E-state index is 11.8. The van der Waals surface area contributed by atoms with Gasteiger partial charge in [-0.05, 0) is 30.3 Å². The molecule has 2 aromatic rings. The minimum Gasteiger partial charge on any atom is -0.326 e. The summed E-state index contributed by atoms with van der Waals surface area (Å²) in [6, 6.07) is 10.1. The van der Waals surface area contributed by atoms with E-state index in [4.69, 9.17) is 0 Å². The Kier molecular flexibility index (Phi) is 4.76. The molecule has 6 heteroatoms. The summed E-state index contributed by atoms with van der Waals surface area (Å²) in [5.74, 6) is -0.488. The zero-order valence-corrected chi connectivity index (χ0v) is 11.4. The minimum absolute atomic E-state index is 0.159. The van der Waals surface area contributed by atoms with Crippen molar-refractivity contribution >= 4 is 23.7 Å². The molecule has 0 fully saturated rings. The lowest BCUT2D eigenvalue weighted by Gasteiger charge is -2.03. The van der Waals surface area contributed by atoms with Crippen LogP contribution < -0.4 is 10.7 Å². The zero-order chi connectivity index (χ0) is 15.1. The molecule has 1 aromatic heterocycles. The van der Waals surface area contributed by atoms with Gasteiger partial charge in [0.25, 0.3) is 5.91 Å². The second-order valence-electron chi connectivity index (χ2n) is 4.24. The third-order valence-electron chi connectivity index (χ3n) is 2.53. The molecule has 21 heavy (non-hydrogen) atoms. The third kappa shape index (κ3) is 4.54. The molecule has 6 nitrogen and oxygen atoms in total. The van der Waals surface area contributed by atoms with Crippen LogP contribution in [0.2, 0.25) is 0 Å². The van der Waals surface area contributed by atoms with Crippen LogP contribution in [0.4, 0.5) is 5.69 Å². The van der Waals surface area contributed by atoms with E-state index in [1.807, 2.05) is 6.07 Å². The maximum atomic E-state index is 11.8. The molecule has 0 aliphatic carbocycles. The van der Waals surface area contributed by atoms with Crippen LogP contribution >= 0.6 is 0 Å². The fraction of sp³-hybridized carbons (Fsp3) is 0.0667. The lowest BCUT2D eigenvalue weighted by atomic mass is 10.2. The largest absolute Gasteiger partial charge is 0.326 e. The topological polar surface area (TPSA) is 83.5 Å². The molecule has 0 unspecified atom stereocenters. The average molecular weight is 282 g/mol. The molecular weight excluding hydrogens is 268 g/mol. The lowest BCUT2D eigenvalue weighted by molar-refractivity contribution is -0.114. The smallest absolute Gasteiger partial charge is 0.271 e. The van der Waals surface area contributed by atoms with Gasteiger partial charge in [-0.1, -0.05) is 6.07 Å². The minimum atomic E-state index is -0.329. The van der Waals surface area contributed by atoms with Crippen molar-refractivity contribution in [1.29, 1.82) is 0 Å². The van der Waals surface area contributed by atoms with E-state index in [-0.39, 0.29) is 11.8 Å². The molecule has 0 saturated heterocycles. The Morgan fingerprint density at radius 2 is 1.95 bits per heavy atom. The molecule has 0 spiro atoms. The summed E-state index contributed by atoms with van der Waals surface area (Å²) < 4.78 is 0. The van der Waals surface area contributed by atoms with Crippen LogP contribution in [0.15, 0.2) is 53.9 Å². The Bertz CT molecular complexity index is 651. The van der Waals surface area contributed by atoms with Gasteiger partial charge in [-0.3, -0.25) is 14.6 Å². The highest BCUT2D eigenvalue weighted by Crippen LogP contribution is 2.09. The number of nitrogens with zero attached hydrogens (tertiary/aromatic N) is 2.